The molecule has 0 bridgehead atoms. The Kier molecular flexibility index (Phi) is 6.06. The summed E-state index contributed by atoms with van der Waals surface area (Å²) in [7, 11) is 1.50. The van der Waals surface area contributed by atoms with Crippen LogP contribution in [0.5, 0.6) is 0 Å². The number of likely N-dealkylation sites (tertiary alicyclic amines) is 1. The Labute approximate surface area is 145 Å². The topological polar surface area (TPSA) is 41.6 Å². The third kappa shape index (κ3) is 4.06. The van der Waals surface area contributed by atoms with Crippen molar-refractivity contribution in [1.29, 1.82) is 0 Å². The highest BCUT2D eigenvalue weighted by molar-refractivity contribution is 5.85. The molecule has 3 atom stereocenters. The molecule has 0 aliphatic carbocycles. The minimum atomic E-state index is -0.0777. The summed E-state index contributed by atoms with van der Waals surface area (Å²) in [6.45, 7) is 7.32. The third-order valence-electron chi connectivity index (χ3n) is 5.19. The summed E-state index contributed by atoms with van der Waals surface area (Å²) in [6, 6.07) is 10.4. The molecule has 128 valence electrons. The minimum absolute atomic E-state index is 0. The second-order valence-electron chi connectivity index (χ2n) is 7.08. The number of esters is 1. The van der Waals surface area contributed by atoms with Gasteiger partial charge in [0.1, 0.15) is 0 Å². The van der Waals surface area contributed by atoms with Crippen molar-refractivity contribution in [3.05, 3.63) is 35.9 Å². The molecule has 1 unspecified atom stereocenters. The maximum absolute atomic E-state index is 12.2. The molecule has 2 saturated heterocycles. The summed E-state index contributed by atoms with van der Waals surface area (Å²) in [5.41, 5.74) is 1.57. The normalized spacial score (nSPS) is 30.9. The van der Waals surface area contributed by atoms with Crippen LogP contribution in [0.25, 0.3) is 0 Å². The molecule has 3 rings (SSSR count). The molecule has 0 amide bonds. The van der Waals surface area contributed by atoms with Gasteiger partial charge in [-0.1, -0.05) is 37.3 Å². The quantitative estimate of drug-likeness (QED) is 0.855. The van der Waals surface area contributed by atoms with Gasteiger partial charge >= 0.3 is 5.97 Å². The Balaban J connectivity index is 0.00000192. The van der Waals surface area contributed by atoms with Gasteiger partial charge in [0.15, 0.2) is 0 Å². The van der Waals surface area contributed by atoms with Crippen molar-refractivity contribution in [2.24, 2.45) is 11.3 Å². The molecule has 0 saturated carbocycles. The average molecular weight is 339 g/mol. The summed E-state index contributed by atoms with van der Waals surface area (Å²) >= 11 is 0. The van der Waals surface area contributed by atoms with Gasteiger partial charge in [-0.25, -0.2) is 0 Å². The maximum atomic E-state index is 12.2. The van der Waals surface area contributed by atoms with Crippen LogP contribution >= 0.6 is 12.4 Å². The van der Waals surface area contributed by atoms with E-state index < -0.39 is 0 Å². The first-order valence-electron chi connectivity index (χ1n) is 8.17. The van der Waals surface area contributed by atoms with Gasteiger partial charge in [0.05, 0.1) is 13.0 Å². The molecule has 1 aromatic rings. The van der Waals surface area contributed by atoms with Crippen LogP contribution in [-0.2, 0) is 9.53 Å². The number of halogens is 1. The second-order valence-corrected chi connectivity index (χ2v) is 7.08. The van der Waals surface area contributed by atoms with Gasteiger partial charge in [-0.05, 0) is 23.9 Å². The van der Waals surface area contributed by atoms with Crippen molar-refractivity contribution in [2.75, 3.05) is 39.8 Å². The van der Waals surface area contributed by atoms with E-state index in [4.69, 9.17) is 4.74 Å². The van der Waals surface area contributed by atoms with E-state index in [2.05, 4.69) is 41.4 Å². The number of nitrogens with one attached hydrogen (secondary N) is 1. The Morgan fingerprint density at radius 2 is 2.09 bits per heavy atom. The zero-order valence-electron chi connectivity index (χ0n) is 14.0. The SMILES string of the molecule is COC(=O)[C@@H]1CN(CC2(C)CCNC2)C[C@H]1c1ccccc1.Cl. The van der Waals surface area contributed by atoms with E-state index in [1.54, 1.807) is 0 Å². The first kappa shape index (κ1) is 18.2. The highest BCUT2D eigenvalue weighted by Gasteiger charge is 2.41. The number of carbonyl (C=O) groups excluding carboxylic acids is 1. The van der Waals surface area contributed by atoms with Gasteiger partial charge in [-0.2, -0.15) is 0 Å². The molecule has 1 N–H and O–H groups in total. The van der Waals surface area contributed by atoms with E-state index >= 15 is 0 Å². The monoisotopic (exact) mass is 338 g/mol. The Bertz CT molecular complexity index is 517. The number of methoxy groups -OCH3 is 1. The zero-order valence-corrected chi connectivity index (χ0v) is 14.8. The predicted octanol–water partition coefficient (Wildman–Crippen LogP) is 2.30. The largest absolute Gasteiger partial charge is 0.469 e. The molecule has 2 aliphatic heterocycles. The Morgan fingerprint density at radius 1 is 1.35 bits per heavy atom. The molecule has 5 heteroatoms. The van der Waals surface area contributed by atoms with Gasteiger partial charge in [0, 0.05) is 32.1 Å². The van der Waals surface area contributed by atoms with Gasteiger partial charge < -0.3 is 15.0 Å². The van der Waals surface area contributed by atoms with Crippen LogP contribution in [0, 0.1) is 11.3 Å². The van der Waals surface area contributed by atoms with Crippen molar-refractivity contribution in [2.45, 2.75) is 19.3 Å². The Hall–Kier alpha value is -1.10. The molecule has 23 heavy (non-hydrogen) atoms. The van der Waals surface area contributed by atoms with E-state index in [1.165, 1.54) is 19.1 Å². The molecule has 2 fully saturated rings. The van der Waals surface area contributed by atoms with Crippen molar-refractivity contribution in [1.82, 2.24) is 10.2 Å². The lowest BCUT2D eigenvalue weighted by atomic mass is 9.89. The summed E-state index contributed by atoms with van der Waals surface area (Å²) in [5.74, 6) is 0.114. The molecule has 2 aliphatic rings. The van der Waals surface area contributed by atoms with E-state index in [1.807, 2.05) is 6.07 Å². The molecule has 4 nitrogen and oxygen atoms in total. The van der Waals surface area contributed by atoms with Crippen LogP contribution in [-0.4, -0.2) is 50.7 Å². The average Bonchev–Trinajstić information content (AvgIpc) is 3.14. The summed E-state index contributed by atoms with van der Waals surface area (Å²) in [5, 5.41) is 3.46. The van der Waals surface area contributed by atoms with Crippen LogP contribution in [0.15, 0.2) is 30.3 Å². The summed E-state index contributed by atoms with van der Waals surface area (Å²) < 4.78 is 5.05. The van der Waals surface area contributed by atoms with Gasteiger partial charge in [-0.15, -0.1) is 12.4 Å². The van der Waals surface area contributed by atoms with Gasteiger partial charge in [0.25, 0.3) is 0 Å². The van der Waals surface area contributed by atoms with E-state index in [9.17, 15) is 4.79 Å². The lowest BCUT2D eigenvalue weighted by Crippen LogP contribution is -2.36. The Morgan fingerprint density at radius 3 is 2.70 bits per heavy atom. The van der Waals surface area contributed by atoms with E-state index in [0.29, 0.717) is 5.41 Å². The second kappa shape index (κ2) is 7.65. The van der Waals surface area contributed by atoms with E-state index in [0.717, 1.165) is 32.7 Å². The summed E-state index contributed by atoms with van der Waals surface area (Å²) in [4.78, 5) is 14.6. The van der Waals surface area contributed by atoms with Crippen LogP contribution in [0.1, 0.15) is 24.8 Å². The maximum Gasteiger partial charge on any atom is 0.310 e. The van der Waals surface area contributed by atoms with Gasteiger partial charge in [0.2, 0.25) is 0 Å². The number of hydrogen-bond acceptors (Lipinski definition) is 4. The number of rotatable bonds is 4. The van der Waals surface area contributed by atoms with Crippen molar-refractivity contribution < 1.29 is 9.53 Å². The fourth-order valence-electron chi connectivity index (χ4n) is 3.99. The predicted molar refractivity (Wildman–Crippen MR) is 94.0 cm³/mol. The standard InChI is InChI=1S/C18H26N2O2.ClH/c1-18(8-9-19-12-18)13-20-10-15(14-6-4-3-5-7-14)16(11-20)17(21)22-2;/h3-7,15-16,19H,8-13H2,1-2H3;1H/t15-,16+,18?;/m0./s1. The first-order valence-corrected chi connectivity index (χ1v) is 8.17. The fourth-order valence-corrected chi connectivity index (χ4v) is 3.99. The van der Waals surface area contributed by atoms with Crippen LogP contribution in [0.3, 0.4) is 0 Å². The lowest BCUT2D eigenvalue weighted by Gasteiger charge is -2.29. The highest BCUT2D eigenvalue weighted by atomic mass is 35.5. The van der Waals surface area contributed by atoms with Crippen molar-refractivity contribution in [3.8, 4) is 0 Å². The number of nitrogens with zero attached hydrogens (tertiary/aromatic N) is 1. The smallest absolute Gasteiger partial charge is 0.310 e. The number of hydrogen-bond donors (Lipinski definition) is 1. The van der Waals surface area contributed by atoms with Crippen LogP contribution in [0.2, 0.25) is 0 Å². The third-order valence-corrected chi connectivity index (χ3v) is 5.19. The molecule has 0 radical (unpaired) electrons. The number of ether oxygens (including phenoxy) is 1. The van der Waals surface area contributed by atoms with Crippen LogP contribution in [0.4, 0.5) is 0 Å². The fraction of sp³-hybridized carbons (Fsp3) is 0.611. The van der Waals surface area contributed by atoms with Crippen molar-refractivity contribution in [3.63, 3.8) is 0 Å². The molecule has 1 aromatic carbocycles. The molecule has 0 spiro atoms. The number of benzene rings is 1. The van der Waals surface area contributed by atoms with Crippen molar-refractivity contribution >= 4 is 18.4 Å². The minimum Gasteiger partial charge on any atom is -0.469 e. The van der Waals surface area contributed by atoms with Gasteiger partial charge in [-0.3, -0.25) is 4.79 Å². The first-order chi connectivity index (χ1) is 10.6. The molecule has 2 heterocycles. The number of carbonyl (C=O) groups is 1. The highest BCUT2D eigenvalue weighted by Crippen LogP contribution is 2.36. The molecule has 0 aromatic heterocycles. The summed E-state index contributed by atoms with van der Waals surface area (Å²) in [6.07, 6.45) is 1.21. The zero-order chi connectivity index (χ0) is 15.6. The lowest BCUT2D eigenvalue weighted by molar-refractivity contribution is -0.145. The van der Waals surface area contributed by atoms with Crippen LogP contribution < -0.4 is 5.32 Å². The van der Waals surface area contributed by atoms with E-state index in [-0.39, 0.29) is 30.2 Å². The molecular formula is C18H27ClN2O2. The molecular weight excluding hydrogens is 312 g/mol.